The third kappa shape index (κ3) is 2.85. The van der Waals surface area contributed by atoms with Crippen LogP contribution in [0.1, 0.15) is 10.5 Å². The molecule has 0 bridgehead atoms. The summed E-state index contributed by atoms with van der Waals surface area (Å²) in [6.45, 7) is 0. The Morgan fingerprint density at radius 3 is 2.63 bits per heavy atom. The van der Waals surface area contributed by atoms with Crippen LogP contribution in [0.5, 0.6) is 0 Å². The Kier molecular flexibility index (Phi) is 3.70. The molecule has 0 aliphatic carbocycles. The summed E-state index contributed by atoms with van der Waals surface area (Å²) in [6.07, 6.45) is 0. The van der Waals surface area contributed by atoms with Crippen LogP contribution in [0.3, 0.4) is 0 Å². The zero-order valence-corrected chi connectivity index (χ0v) is 10.1. The number of nitrogens with zero attached hydrogens (tertiary/aromatic N) is 1. The molecule has 0 atom stereocenters. The van der Waals surface area contributed by atoms with Gasteiger partial charge in [0.15, 0.2) is 11.6 Å². The second-order valence-corrected chi connectivity index (χ2v) is 3.71. The van der Waals surface area contributed by atoms with Crippen LogP contribution < -0.4 is 10.6 Å². The molecule has 1 aromatic heterocycles. The lowest BCUT2D eigenvalue weighted by atomic mass is 10.2. The standard InChI is InChI=1S/C13H11F2N3O/c1-16-11-7-3-6-10(17-11)13(19)18-9-5-2-4-8(14)12(9)15/h2-7H,1H3,(H,16,17)(H,18,19). The van der Waals surface area contributed by atoms with E-state index in [1.165, 1.54) is 18.2 Å². The number of benzene rings is 1. The summed E-state index contributed by atoms with van der Waals surface area (Å²) in [7, 11) is 1.66. The number of anilines is 2. The Morgan fingerprint density at radius 2 is 1.89 bits per heavy atom. The molecule has 0 unspecified atom stereocenters. The fraction of sp³-hybridized carbons (Fsp3) is 0.0769. The second kappa shape index (κ2) is 5.43. The minimum atomic E-state index is -1.10. The van der Waals surface area contributed by atoms with Crippen molar-refractivity contribution in [2.45, 2.75) is 0 Å². The molecule has 1 heterocycles. The summed E-state index contributed by atoms with van der Waals surface area (Å²) >= 11 is 0. The summed E-state index contributed by atoms with van der Waals surface area (Å²) in [5.74, 6) is -2.22. The van der Waals surface area contributed by atoms with Crippen LogP contribution in [0.15, 0.2) is 36.4 Å². The van der Waals surface area contributed by atoms with Crippen molar-refractivity contribution >= 4 is 17.4 Å². The van der Waals surface area contributed by atoms with Crippen molar-refractivity contribution in [1.29, 1.82) is 0 Å². The SMILES string of the molecule is CNc1cccc(C(=O)Nc2cccc(F)c2F)n1. The maximum atomic E-state index is 13.4. The smallest absolute Gasteiger partial charge is 0.274 e. The van der Waals surface area contributed by atoms with Gasteiger partial charge in [-0.15, -0.1) is 0 Å². The fourth-order valence-electron chi connectivity index (χ4n) is 1.49. The molecule has 2 aromatic rings. The van der Waals surface area contributed by atoms with Crippen LogP contribution in [0.4, 0.5) is 20.3 Å². The van der Waals surface area contributed by atoms with E-state index in [1.807, 2.05) is 0 Å². The van der Waals surface area contributed by atoms with Gasteiger partial charge in [0.25, 0.3) is 5.91 Å². The van der Waals surface area contributed by atoms with E-state index in [1.54, 1.807) is 19.2 Å². The average molecular weight is 263 g/mol. The Labute approximate surface area is 108 Å². The number of nitrogens with one attached hydrogen (secondary N) is 2. The Hall–Kier alpha value is -2.50. The molecule has 0 aliphatic rings. The minimum absolute atomic E-state index is 0.107. The van der Waals surface area contributed by atoms with Crippen molar-refractivity contribution in [3.8, 4) is 0 Å². The lowest BCUT2D eigenvalue weighted by Gasteiger charge is -2.07. The summed E-state index contributed by atoms with van der Waals surface area (Å²) < 4.78 is 26.4. The van der Waals surface area contributed by atoms with E-state index in [4.69, 9.17) is 0 Å². The Morgan fingerprint density at radius 1 is 1.16 bits per heavy atom. The number of amides is 1. The highest BCUT2D eigenvalue weighted by Gasteiger charge is 2.13. The summed E-state index contributed by atoms with van der Waals surface area (Å²) in [6, 6.07) is 8.36. The number of hydrogen-bond donors (Lipinski definition) is 2. The summed E-state index contributed by atoms with van der Waals surface area (Å²) in [5.41, 5.74) is -0.114. The predicted octanol–water partition coefficient (Wildman–Crippen LogP) is 2.65. The van der Waals surface area contributed by atoms with Crippen LogP contribution in [0, 0.1) is 11.6 Å². The lowest BCUT2D eigenvalue weighted by Crippen LogP contribution is -2.15. The molecule has 2 N–H and O–H groups in total. The van der Waals surface area contributed by atoms with Gasteiger partial charge in [0.1, 0.15) is 11.5 Å². The number of rotatable bonds is 3. The lowest BCUT2D eigenvalue weighted by molar-refractivity contribution is 0.102. The molecule has 1 aromatic carbocycles. The van der Waals surface area contributed by atoms with Crippen molar-refractivity contribution < 1.29 is 13.6 Å². The monoisotopic (exact) mass is 263 g/mol. The Bertz CT molecular complexity index is 617. The first-order valence-electron chi connectivity index (χ1n) is 5.52. The van der Waals surface area contributed by atoms with E-state index >= 15 is 0 Å². The maximum Gasteiger partial charge on any atom is 0.274 e. The fourth-order valence-corrected chi connectivity index (χ4v) is 1.49. The molecule has 2 rings (SSSR count). The Balaban J connectivity index is 2.23. The van der Waals surface area contributed by atoms with Crippen LogP contribution >= 0.6 is 0 Å². The van der Waals surface area contributed by atoms with Crippen molar-refractivity contribution in [3.63, 3.8) is 0 Å². The van der Waals surface area contributed by atoms with E-state index in [0.717, 1.165) is 6.07 Å². The van der Waals surface area contributed by atoms with E-state index in [0.29, 0.717) is 5.82 Å². The molecule has 0 fully saturated rings. The molecule has 0 saturated heterocycles. The molecule has 6 heteroatoms. The van der Waals surface area contributed by atoms with Crippen LogP contribution in [0.25, 0.3) is 0 Å². The zero-order valence-electron chi connectivity index (χ0n) is 10.1. The number of halogens is 2. The number of hydrogen-bond acceptors (Lipinski definition) is 3. The molecular weight excluding hydrogens is 252 g/mol. The molecule has 98 valence electrons. The number of pyridine rings is 1. The third-order valence-corrected chi connectivity index (χ3v) is 2.44. The molecule has 4 nitrogen and oxygen atoms in total. The molecule has 19 heavy (non-hydrogen) atoms. The van der Waals surface area contributed by atoms with Crippen molar-refractivity contribution in [2.75, 3.05) is 17.7 Å². The maximum absolute atomic E-state index is 13.4. The second-order valence-electron chi connectivity index (χ2n) is 3.71. The van der Waals surface area contributed by atoms with Crippen LogP contribution in [0.2, 0.25) is 0 Å². The zero-order chi connectivity index (χ0) is 13.8. The van der Waals surface area contributed by atoms with Crippen molar-refractivity contribution in [3.05, 3.63) is 53.7 Å². The molecule has 0 spiro atoms. The highest BCUT2D eigenvalue weighted by molar-refractivity contribution is 6.03. The van der Waals surface area contributed by atoms with Crippen LogP contribution in [-0.4, -0.2) is 17.9 Å². The van der Waals surface area contributed by atoms with Gasteiger partial charge in [-0.3, -0.25) is 4.79 Å². The van der Waals surface area contributed by atoms with Gasteiger partial charge in [-0.05, 0) is 24.3 Å². The molecule has 0 aliphatic heterocycles. The van der Waals surface area contributed by atoms with Gasteiger partial charge < -0.3 is 10.6 Å². The quantitative estimate of drug-likeness (QED) is 0.895. The van der Waals surface area contributed by atoms with Gasteiger partial charge >= 0.3 is 0 Å². The first-order valence-corrected chi connectivity index (χ1v) is 5.52. The van der Waals surface area contributed by atoms with Crippen molar-refractivity contribution in [2.24, 2.45) is 0 Å². The highest BCUT2D eigenvalue weighted by Crippen LogP contribution is 2.17. The summed E-state index contributed by atoms with van der Waals surface area (Å²) in [5, 5.41) is 5.06. The largest absolute Gasteiger partial charge is 0.373 e. The number of aromatic nitrogens is 1. The minimum Gasteiger partial charge on any atom is -0.373 e. The molecule has 0 radical (unpaired) electrons. The average Bonchev–Trinajstić information content (AvgIpc) is 2.44. The van der Waals surface area contributed by atoms with Gasteiger partial charge in [-0.2, -0.15) is 0 Å². The molecule has 0 saturated carbocycles. The highest BCUT2D eigenvalue weighted by atomic mass is 19.2. The molecule has 1 amide bonds. The van der Waals surface area contributed by atoms with Gasteiger partial charge in [0.05, 0.1) is 5.69 Å². The van der Waals surface area contributed by atoms with E-state index in [-0.39, 0.29) is 11.4 Å². The normalized spacial score (nSPS) is 10.1. The van der Waals surface area contributed by atoms with E-state index in [2.05, 4.69) is 15.6 Å². The molecular formula is C13H11F2N3O. The van der Waals surface area contributed by atoms with E-state index < -0.39 is 17.5 Å². The topological polar surface area (TPSA) is 54.0 Å². The number of carbonyl (C=O) groups excluding carboxylic acids is 1. The van der Waals surface area contributed by atoms with Gasteiger partial charge in [0.2, 0.25) is 0 Å². The summed E-state index contributed by atoms with van der Waals surface area (Å²) in [4.78, 5) is 15.9. The van der Waals surface area contributed by atoms with Gasteiger partial charge in [0, 0.05) is 7.05 Å². The van der Waals surface area contributed by atoms with Gasteiger partial charge in [-0.1, -0.05) is 12.1 Å². The first-order chi connectivity index (χ1) is 9.11. The van der Waals surface area contributed by atoms with Gasteiger partial charge in [-0.25, -0.2) is 13.8 Å². The first kappa shape index (κ1) is 12.9. The third-order valence-electron chi connectivity index (χ3n) is 2.44. The van der Waals surface area contributed by atoms with Crippen molar-refractivity contribution in [1.82, 2.24) is 4.98 Å². The predicted molar refractivity (Wildman–Crippen MR) is 68.1 cm³/mol. The van der Waals surface area contributed by atoms with Crippen LogP contribution in [-0.2, 0) is 0 Å². The number of carbonyl (C=O) groups is 1. The van der Waals surface area contributed by atoms with E-state index in [9.17, 15) is 13.6 Å².